The van der Waals surface area contributed by atoms with Gasteiger partial charge in [-0.1, -0.05) is 12.1 Å². The number of aryl methyl sites for hydroxylation is 1. The summed E-state index contributed by atoms with van der Waals surface area (Å²) in [5, 5.41) is 0. The number of esters is 1. The Balaban J connectivity index is 2.62. The van der Waals surface area contributed by atoms with Crippen molar-refractivity contribution in [1.29, 1.82) is 0 Å². The van der Waals surface area contributed by atoms with Crippen LogP contribution in [-0.4, -0.2) is 25.1 Å². The van der Waals surface area contributed by atoms with E-state index in [0.717, 1.165) is 18.4 Å². The summed E-state index contributed by atoms with van der Waals surface area (Å²) in [7, 11) is 1.35. The maximum absolute atomic E-state index is 11.2. The zero-order valence-corrected chi connectivity index (χ0v) is 10.9. The van der Waals surface area contributed by atoms with Crippen molar-refractivity contribution in [2.45, 2.75) is 25.9 Å². The van der Waals surface area contributed by atoms with E-state index >= 15 is 0 Å². The molecule has 0 aliphatic carbocycles. The van der Waals surface area contributed by atoms with Crippen LogP contribution in [0.25, 0.3) is 0 Å². The zero-order chi connectivity index (χ0) is 12.7. The van der Waals surface area contributed by atoms with Gasteiger partial charge in [0.25, 0.3) is 0 Å². The fourth-order valence-corrected chi connectivity index (χ4v) is 1.60. The maximum atomic E-state index is 11.2. The predicted molar refractivity (Wildman–Crippen MR) is 67.6 cm³/mol. The summed E-state index contributed by atoms with van der Waals surface area (Å²) >= 11 is 5.64. The van der Waals surface area contributed by atoms with Gasteiger partial charge in [0.2, 0.25) is 0 Å². The van der Waals surface area contributed by atoms with Gasteiger partial charge in [0, 0.05) is 5.88 Å². The molecule has 0 spiro atoms. The van der Waals surface area contributed by atoms with Crippen molar-refractivity contribution in [3.63, 3.8) is 0 Å². The number of methoxy groups -OCH3 is 1. The SMILES string of the molecule is COC(=O)C(C)Oc1cccc(CCCCl)c1. The van der Waals surface area contributed by atoms with E-state index in [-0.39, 0.29) is 5.97 Å². The van der Waals surface area contributed by atoms with Gasteiger partial charge in [0.15, 0.2) is 6.10 Å². The summed E-state index contributed by atoms with van der Waals surface area (Å²) in [6.45, 7) is 1.66. The van der Waals surface area contributed by atoms with Crippen molar-refractivity contribution in [2.75, 3.05) is 13.0 Å². The monoisotopic (exact) mass is 256 g/mol. The minimum Gasteiger partial charge on any atom is -0.479 e. The number of carbonyl (C=O) groups is 1. The van der Waals surface area contributed by atoms with Crippen LogP contribution in [0.5, 0.6) is 5.75 Å². The van der Waals surface area contributed by atoms with Crippen LogP contribution in [0.4, 0.5) is 0 Å². The van der Waals surface area contributed by atoms with Crippen molar-refractivity contribution >= 4 is 17.6 Å². The zero-order valence-electron chi connectivity index (χ0n) is 10.1. The molecule has 0 saturated heterocycles. The third-order valence-electron chi connectivity index (χ3n) is 2.34. The molecule has 1 unspecified atom stereocenters. The Bertz CT molecular complexity index is 365. The maximum Gasteiger partial charge on any atom is 0.346 e. The number of hydrogen-bond acceptors (Lipinski definition) is 3. The summed E-state index contributed by atoms with van der Waals surface area (Å²) in [5.41, 5.74) is 1.15. The largest absolute Gasteiger partial charge is 0.479 e. The Morgan fingerprint density at radius 1 is 1.47 bits per heavy atom. The Kier molecular flexibility index (Phi) is 5.84. The van der Waals surface area contributed by atoms with Crippen LogP contribution in [0.15, 0.2) is 24.3 Å². The Morgan fingerprint density at radius 2 is 2.24 bits per heavy atom. The standard InChI is InChI=1S/C13H17ClO3/c1-10(13(15)16-2)17-12-7-3-5-11(9-12)6-4-8-14/h3,5,7,9-10H,4,6,8H2,1-2H3. The van der Waals surface area contributed by atoms with Gasteiger partial charge >= 0.3 is 5.97 Å². The highest BCUT2D eigenvalue weighted by molar-refractivity contribution is 6.17. The van der Waals surface area contributed by atoms with Gasteiger partial charge in [-0.2, -0.15) is 0 Å². The highest BCUT2D eigenvalue weighted by Crippen LogP contribution is 2.16. The second-order valence-electron chi connectivity index (χ2n) is 3.72. The third-order valence-corrected chi connectivity index (χ3v) is 2.61. The van der Waals surface area contributed by atoms with Gasteiger partial charge in [0.05, 0.1) is 7.11 Å². The molecule has 0 aromatic heterocycles. The van der Waals surface area contributed by atoms with Crippen LogP contribution in [0, 0.1) is 0 Å². The van der Waals surface area contributed by atoms with Crippen molar-refractivity contribution in [3.8, 4) is 5.75 Å². The van der Waals surface area contributed by atoms with Crippen LogP contribution >= 0.6 is 11.6 Å². The average Bonchev–Trinajstić information content (AvgIpc) is 2.35. The van der Waals surface area contributed by atoms with Gasteiger partial charge in [-0.25, -0.2) is 4.79 Å². The molecule has 0 heterocycles. The Hall–Kier alpha value is -1.22. The predicted octanol–water partition coefficient (Wildman–Crippen LogP) is 2.80. The molecular weight excluding hydrogens is 240 g/mol. The van der Waals surface area contributed by atoms with Crippen molar-refractivity contribution in [1.82, 2.24) is 0 Å². The quantitative estimate of drug-likeness (QED) is 0.580. The number of benzene rings is 1. The summed E-state index contributed by atoms with van der Waals surface area (Å²) in [5.74, 6) is 0.940. The van der Waals surface area contributed by atoms with E-state index < -0.39 is 6.10 Å². The third kappa shape index (κ3) is 4.65. The molecule has 1 atom stereocenters. The molecule has 1 aromatic carbocycles. The topological polar surface area (TPSA) is 35.5 Å². The van der Waals surface area contributed by atoms with Crippen molar-refractivity contribution in [2.24, 2.45) is 0 Å². The van der Waals surface area contributed by atoms with E-state index in [9.17, 15) is 4.79 Å². The lowest BCUT2D eigenvalue weighted by Crippen LogP contribution is -2.24. The van der Waals surface area contributed by atoms with Gasteiger partial charge in [-0.15, -0.1) is 11.6 Å². The molecule has 0 aliphatic rings. The molecule has 0 radical (unpaired) electrons. The van der Waals surface area contributed by atoms with Gasteiger partial charge in [-0.3, -0.25) is 0 Å². The van der Waals surface area contributed by atoms with Crippen LogP contribution in [0.1, 0.15) is 18.9 Å². The molecular formula is C13H17ClO3. The van der Waals surface area contributed by atoms with Crippen LogP contribution in [0.2, 0.25) is 0 Å². The second-order valence-corrected chi connectivity index (χ2v) is 4.10. The van der Waals surface area contributed by atoms with E-state index in [0.29, 0.717) is 11.6 Å². The van der Waals surface area contributed by atoms with E-state index in [1.54, 1.807) is 6.92 Å². The van der Waals surface area contributed by atoms with Gasteiger partial charge < -0.3 is 9.47 Å². The van der Waals surface area contributed by atoms with Crippen LogP contribution in [0.3, 0.4) is 0 Å². The lowest BCUT2D eigenvalue weighted by Gasteiger charge is -2.13. The van der Waals surface area contributed by atoms with Gasteiger partial charge in [0.1, 0.15) is 5.75 Å². The molecule has 4 heteroatoms. The van der Waals surface area contributed by atoms with E-state index in [1.807, 2.05) is 24.3 Å². The second kappa shape index (κ2) is 7.17. The normalized spacial score (nSPS) is 11.9. The highest BCUT2D eigenvalue weighted by atomic mass is 35.5. The lowest BCUT2D eigenvalue weighted by atomic mass is 10.1. The molecule has 0 bridgehead atoms. The number of ether oxygens (including phenoxy) is 2. The highest BCUT2D eigenvalue weighted by Gasteiger charge is 2.14. The number of halogens is 1. The first kappa shape index (κ1) is 13.8. The molecule has 0 aliphatic heterocycles. The van der Waals surface area contributed by atoms with Gasteiger partial charge in [-0.05, 0) is 37.5 Å². The number of carbonyl (C=O) groups excluding carboxylic acids is 1. The lowest BCUT2D eigenvalue weighted by molar-refractivity contribution is -0.147. The van der Waals surface area contributed by atoms with E-state index in [1.165, 1.54) is 7.11 Å². The number of alkyl halides is 1. The molecule has 17 heavy (non-hydrogen) atoms. The van der Waals surface area contributed by atoms with E-state index in [2.05, 4.69) is 4.74 Å². The minimum absolute atomic E-state index is 0.379. The molecule has 94 valence electrons. The average molecular weight is 257 g/mol. The molecule has 0 amide bonds. The molecule has 0 N–H and O–H groups in total. The van der Waals surface area contributed by atoms with Crippen molar-refractivity contribution in [3.05, 3.63) is 29.8 Å². The first-order chi connectivity index (χ1) is 8.17. The Morgan fingerprint density at radius 3 is 2.88 bits per heavy atom. The summed E-state index contributed by atoms with van der Waals surface area (Å²) in [6, 6.07) is 7.67. The fourth-order valence-electron chi connectivity index (χ4n) is 1.46. The van der Waals surface area contributed by atoms with Crippen molar-refractivity contribution < 1.29 is 14.3 Å². The molecule has 1 rings (SSSR count). The molecule has 0 saturated carbocycles. The first-order valence-electron chi connectivity index (χ1n) is 5.56. The molecule has 0 fully saturated rings. The smallest absolute Gasteiger partial charge is 0.346 e. The summed E-state index contributed by atoms with van der Waals surface area (Å²) in [4.78, 5) is 11.2. The number of rotatable bonds is 6. The summed E-state index contributed by atoms with van der Waals surface area (Å²) < 4.78 is 10.1. The van der Waals surface area contributed by atoms with E-state index in [4.69, 9.17) is 16.3 Å². The Labute approximate surface area is 107 Å². The fraction of sp³-hybridized carbons (Fsp3) is 0.462. The summed E-state index contributed by atoms with van der Waals surface area (Å²) in [6.07, 6.45) is 1.24. The van der Waals surface area contributed by atoms with Crippen LogP contribution in [-0.2, 0) is 16.0 Å². The minimum atomic E-state index is -0.594. The molecule has 3 nitrogen and oxygen atoms in total. The molecule has 1 aromatic rings. The van der Waals surface area contributed by atoms with Crippen LogP contribution < -0.4 is 4.74 Å². The number of hydrogen-bond donors (Lipinski definition) is 0. The first-order valence-corrected chi connectivity index (χ1v) is 6.10.